The number of nitrogen functional groups attached to an aromatic ring is 1. The average molecular weight is 332 g/mol. The maximum Gasteiger partial charge on any atom is 0.246 e. The quantitative estimate of drug-likeness (QED) is 0.861. The van der Waals surface area contributed by atoms with E-state index < -0.39 is 10.0 Å². The minimum Gasteiger partial charge on any atom is -0.398 e. The second kappa shape index (κ2) is 6.52. The van der Waals surface area contributed by atoms with E-state index in [0.717, 1.165) is 25.9 Å². The van der Waals surface area contributed by atoms with Crippen LogP contribution in [0.25, 0.3) is 0 Å². The Hall–Kier alpha value is -0.820. The molecule has 0 aliphatic carbocycles. The highest BCUT2D eigenvalue weighted by atomic mass is 35.5. The van der Waals surface area contributed by atoms with Gasteiger partial charge in [0.05, 0.1) is 10.7 Å². The van der Waals surface area contributed by atoms with Crippen LogP contribution in [-0.4, -0.2) is 50.3 Å². The Morgan fingerprint density at radius 2 is 2.10 bits per heavy atom. The molecule has 0 saturated carbocycles. The SMILES string of the molecule is CCC1CN(C)CCCN1S(=O)(=O)c1c(N)cccc1Cl. The van der Waals surface area contributed by atoms with Gasteiger partial charge in [-0.05, 0) is 38.6 Å². The monoisotopic (exact) mass is 331 g/mol. The summed E-state index contributed by atoms with van der Waals surface area (Å²) in [5, 5.41) is 0.183. The molecule has 0 aromatic heterocycles. The Labute approximate surface area is 131 Å². The molecule has 7 heteroatoms. The molecular weight excluding hydrogens is 310 g/mol. The highest BCUT2D eigenvalue weighted by molar-refractivity contribution is 7.89. The van der Waals surface area contributed by atoms with E-state index in [1.165, 1.54) is 0 Å². The molecule has 5 nitrogen and oxygen atoms in total. The molecule has 1 heterocycles. The third-order valence-electron chi connectivity index (χ3n) is 3.88. The fraction of sp³-hybridized carbons (Fsp3) is 0.571. The summed E-state index contributed by atoms with van der Waals surface area (Å²) in [5.41, 5.74) is 6.07. The van der Waals surface area contributed by atoms with Gasteiger partial charge in [0, 0.05) is 19.1 Å². The normalized spacial score (nSPS) is 22.1. The van der Waals surface area contributed by atoms with Gasteiger partial charge in [-0.2, -0.15) is 4.31 Å². The molecule has 1 aromatic carbocycles. The van der Waals surface area contributed by atoms with Crippen molar-refractivity contribution < 1.29 is 8.42 Å². The number of sulfonamides is 1. The molecule has 21 heavy (non-hydrogen) atoms. The number of hydrogen-bond donors (Lipinski definition) is 1. The molecule has 1 fully saturated rings. The van der Waals surface area contributed by atoms with Crippen molar-refractivity contribution in [3.05, 3.63) is 23.2 Å². The topological polar surface area (TPSA) is 66.6 Å². The van der Waals surface area contributed by atoms with E-state index in [4.69, 9.17) is 17.3 Å². The van der Waals surface area contributed by atoms with Crippen molar-refractivity contribution in [2.75, 3.05) is 32.4 Å². The summed E-state index contributed by atoms with van der Waals surface area (Å²) >= 11 is 6.10. The van der Waals surface area contributed by atoms with Gasteiger partial charge in [-0.15, -0.1) is 0 Å². The molecule has 0 spiro atoms. The molecule has 1 saturated heterocycles. The first-order chi connectivity index (χ1) is 9.87. The Bertz CT molecular complexity index is 586. The standard InChI is InChI=1S/C14H22ClN3O2S/c1-3-11-10-17(2)8-5-9-18(11)21(19,20)14-12(15)6-4-7-13(14)16/h4,6-7,11H,3,5,8-10,16H2,1-2H3. The molecule has 2 rings (SSSR count). The van der Waals surface area contributed by atoms with Crippen LogP contribution in [0.4, 0.5) is 5.69 Å². The number of benzene rings is 1. The van der Waals surface area contributed by atoms with E-state index in [-0.39, 0.29) is 21.6 Å². The van der Waals surface area contributed by atoms with E-state index in [9.17, 15) is 8.42 Å². The molecule has 0 amide bonds. The zero-order valence-corrected chi connectivity index (χ0v) is 14.0. The zero-order chi connectivity index (χ0) is 15.6. The van der Waals surface area contributed by atoms with E-state index in [1.54, 1.807) is 22.5 Å². The lowest BCUT2D eigenvalue weighted by molar-refractivity contribution is 0.270. The van der Waals surface area contributed by atoms with Gasteiger partial charge in [0.15, 0.2) is 0 Å². The van der Waals surface area contributed by atoms with E-state index >= 15 is 0 Å². The van der Waals surface area contributed by atoms with Gasteiger partial charge in [0.1, 0.15) is 4.90 Å². The number of nitrogens with two attached hydrogens (primary N) is 1. The van der Waals surface area contributed by atoms with Gasteiger partial charge in [-0.3, -0.25) is 0 Å². The second-order valence-corrected chi connectivity index (χ2v) is 7.69. The Morgan fingerprint density at radius 3 is 2.71 bits per heavy atom. The highest BCUT2D eigenvalue weighted by Gasteiger charge is 2.35. The number of rotatable bonds is 3. The molecule has 1 atom stereocenters. The molecule has 1 unspecified atom stereocenters. The summed E-state index contributed by atoms with van der Waals surface area (Å²) in [5.74, 6) is 0. The van der Waals surface area contributed by atoms with E-state index in [0.29, 0.717) is 6.54 Å². The van der Waals surface area contributed by atoms with Crippen molar-refractivity contribution in [1.29, 1.82) is 0 Å². The lowest BCUT2D eigenvalue weighted by Crippen LogP contribution is -2.43. The molecule has 1 aliphatic heterocycles. The smallest absolute Gasteiger partial charge is 0.246 e. The van der Waals surface area contributed by atoms with Crippen LogP contribution in [0.3, 0.4) is 0 Å². The first kappa shape index (κ1) is 16.5. The largest absolute Gasteiger partial charge is 0.398 e. The highest BCUT2D eigenvalue weighted by Crippen LogP contribution is 2.32. The fourth-order valence-corrected chi connectivity index (χ4v) is 5.15. The summed E-state index contributed by atoms with van der Waals surface area (Å²) in [6.45, 7) is 4.11. The number of hydrogen-bond acceptors (Lipinski definition) is 4. The Kier molecular flexibility index (Phi) is 5.14. The fourth-order valence-electron chi connectivity index (χ4n) is 2.79. The third kappa shape index (κ3) is 3.34. The van der Waals surface area contributed by atoms with E-state index in [1.807, 2.05) is 14.0 Å². The van der Waals surface area contributed by atoms with Gasteiger partial charge in [-0.25, -0.2) is 8.42 Å². The van der Waals surface area contributed by atoms with Crippen molar-refractivity contribution in [2.45, 2.75) is 30.7 Å². The van der Waals surface area contributed by atoms with Crippen LogP contribution in [0, 0.1) is 0 Å². The third-order valence-corrected chi connectivity index (χ3v) is 6.38. The minimum atomic E-state index is -3.68. The van der Waals surface area contributed by atoms with Gasteiger partial charge >= 0.3 is 0 Å². The molecule has 118 valence electrons. The summed E-state index contributed by atoms with van der Waals surface area (Å²) in [7, 11) is -1.67. The van der Waals surface area contributed by atoms with Gasteiger partial charge < -0.3 is 10.6 Å². The van der Waals surface area contributed by atoms with Gasteiger partial charge in [0.25, 0.3) is 0 Å². The molecule has 0 bridgehead atoms. The maximum atomic E-state index is 13.0. The Balaban J connectivity index is 2.46. The predicted molar refractivity (Wildman–Crippen MR) is 85.9 cm³/mol. The van der Waals surface area contributed by atoms with Crippen LogP contribution in [0.5, 0.6) is 0 Å². The first-order valence-electron chi connectivity index (χ1n) is 7.12. The van der Waals surface area contributed by atoms with E-state index in [2.05, 4.69) is 4.90 Å². The number of anilines is 1. The van der Waals surface area contributed by atoms with Crippen molar-refractivity contribution in [3.63, 3.8) is 0 Å². The van der Waals surface area contributed by atoms with Crippen molar-refractivity contribution in [2.24, 2.45) is 0 Å². The number of likely N-dealkylation sites (N-methyl/N-ethyl adjacent to an activating group) is 1. The van der Waals surface area contributed by atoms with Crippen LogP contribution in [0.2, 0.25) is 5.02 Å². The van der Waals surface area contributed by atoms with Crippen LogP contribution < -0.4 is 5.73 Å². The lowest BCUT2D eigenvalue weighted by Gasteiger charge is -2.30. The summed E-state index contributed by atoms with van der Waals surface area (Å²) in [4.78, 5) is 2.20. The van der Waals surface area contributed by atoms with Crippen molar-refractivity contribution in [3.8, 4) is 0 Å². The second-order valence-electron chi connectivity index (χ2n) is 5.45. The van der Waals surface area contributed by atoms with Crippen LogP contribution in [0.15, 0.2) is 23.1 Å². The summed E-state index contributed by atoms with van der Waals surface area (Å²) in [6, 6.07) is 4.74. The van der Waals surface area contributed by atoms with Crippen LogP contribution >= 0.6 is 11.6 Å². The molecule has 0 radical (unpaired) electrons. The molecule has 1 aliphatic rings. The molecule has 1 aromatic rings. The maximum absolute atomic E-state index is 13.0. The lowest BCUT2D eigenvalue weighted by atomic mass is 10.2. The Morgan fingerprint density at radius 1 is 1.38 bits per heavy atom. The van der Waals surface area contributed by atoms with Gasteiger partial charge in [0.2, 0.25) is 10.0 Å². The number of nitrogens with zero attached hydrogens (tertiary/aromatic N) is 2. The molecule has 2 N–H and O–H groups in total. The van der Waals surface area contributed by atoms with Crippen LogP contribution in [-0.2, 0) is 10.0 Å². The predicted octanol–water partition coefficient (Wildman–Crippen LogP) is 2.03. The summed E-state index contributed by atoms with van der Waals surface area (Å²) < 4.78 is 27.6. The first-order valence-corrected chi connectivity index (χ1v) is 8.94. The molecular formula is C14H22ClN3O2S. The van der Waals surface area contributed by atoms with Gasteiger partial charge in [-0.1, -0.05) is 24.6 Å². The minimum absolute atomic E-state index is 0.0367. The number of halogens is 1. The van der Waals surface area contributed by atoms with Crippen molar-refractivity contribution in [1.82, 2.24) is 9.21 Å². The van der Waals surface area contributed by atoms with Crippen molar-refractivity contribution >= 4 is 27.3 Å². The zero-order valence-electron chi connectivity index (χ0n) is 12.4. The average Bonchev–Trinajstić information content (AvgIpc) is 2.60. The van der Waals surface area contributed by atoms with Crippen LogP contribution in [0.1, 0.15) is 19.8 Å². The summed E-state index contributed by atoms with van der Waals surface area (Å²) in [6.07, 6.45) is 1.56.